The largest absolute Gasteiger partial charge is 0.497 e. The van der Waals surface area contributed by atoms with E-state index in [0.29, 0.717) is 25.9 Å². The van der Waals surface area contributed by atoms with E-state index < -0.39 is 11.9 Å². The smallest absolute Gasteiger partial charge is 0.308 e. The second-order valence-corrected chi connectivity index (χ2v) is 6.07. The molecule has 0 radical (unpaired) electrons. The van der Waals surface area contributed by atoms with Gasteiger partial charge in [0.05, 0.1) is 13.0 Å². The summed E-state index contributed by atoms with van der Waals surface area (Å²) in [6, 6.07) is 7.98. The van der Waals surface area contributed by atoms with Crippen LogP contribution in [-0.2, 0) is 16.0 Å². The average Bonchev–Trinajstić information content (AvgIpc) is 2.59. The highest BCUT2D eigenvalue weighted by Gasteiger charge is 2.27. The molecule has 1 atom stereocenters. The van der Waals surface area contributed by atoms with Gasteiger partial charge < -0.3 is 14.7 Å². The van der Waals surface area contributed by atoms with Crippen molar-refractivity contribution in [2.75, 3.05) is 20.2 Å². The summed E-state index contributed by atoms with van der Waals surface area (Å²) in [5, 5.41) is 9.07. The van der Waals surface area contributed by atoms with E-state index in [-0.39, 0.29) is 5.91 Å². The fourth-order valence-electron chi connectivity index (χ4n) is 2.96. The Labute approximate surface area is 137 Å². The Morgan fingerprint density at radius 1 is 1.26 bits per heavy atom. The SMILES string of the molecule is COc1ccc(CCCCC(=O)N2CCCC(C(=O)O)C2)cc1. The Bertz CT molecular complexity index is 526. The van der Waals surface area contributed by atoms with Crippen molar-refractivity contribution < 1.29 is 19.4 Å². The lowest BCUT2D eigenvalue weighted by Crippen LogP contribution is -2.42. The molecule has 1 aliphatic heterocycles. The Kier molecular flexibility index (Phi) is 6.44. The molecule has 0 aliphatic carbocycles. The lowest BCUT2D eigenvalue weighted by Gasteiger charge is -2.30. The number of aliphatic carboxylic acids is 1. The molecule has 1 unspecified atom stereocenters. The molecule has 1 aromatic rings. The number of aryl methyl sites for hydroxylation is 1. The van der Waals surface area contributed by atoms with E-state index in [4.69, 9.17) is 9.84 Å². The summed E-state index contributed by atoms with van der Waals surface area (Å²) >= 11 is 0. The number of carbonyl (C=O) groups is 2. The maximum Gasteiger partial charge on any atom is 0.308 e. The van der Waals surface area contributed by atoms with Crippen LogP contribution in [0.15, 0.2) is 24.3 Å². The predicted molar refractivity (Wildman–Crippen MR) is 87.5 cm³/mol. The summed E-state index contributed by atoms with van der Waals surface area (Å²) < 4.78 is 5.13. The number of rotatable bonds is 7. The van der Waals surface area contributed by atoms with E-state index in [9.17, 15) is 9.59 Å². The molecule has 1 heterocycles. The molecule has 1 aromatic carbocycles. The predicted octanol–water partition coefficient (Wildman–Crippen LogP) is 2.73. The standard InChI is InChI=1S/C18H25NO4/c1-23-16-10-8-14(9-11-16)5-2-3-7-17(20)19-12-4-6-15(13-19)18(21)22/h8-11,15H,2-7,12-13H2,1H3,(H,21,22). The van der Waals surface area contributed by atoms with Gasteiger partial charge in [0.25, 0.3) is 0 Å². The third-order valence-electron chi connectivity index (χ3n) is 4.39. The highest BCUT2D eigenvalue weighted by atomic mass is 16.5. The molecule has 0 saturated carbocycles. The average molecular weight is 319 g/mol. The highest BCUT2D eigenvalue weighted by molar-refractivity contribution is 5.78. The van der Waals surface area contributed by atoms with Crippen LogP contribution in [0.3, 0.4) is 0 Å². The van der Waals surface area contributed by atoms with Gasteiger partial charge in [-0.3, -0.25) is 9.59 Å². The molecule has 1 amide bonds. The van der Waals surface area contributed by atoms with Crippen LogP contribution in [0.1, 0.15) is 37.7 Å². The van der Waals surface area contributed by atoms with Gasteiger partial charge in [-0.1, -0.05) is 12.1 Å². The van der Waals surface area contributed by atoms with Gasteiger partial charge in [-0.25, -0.2) is 0 Å². The summed E-state index contributed by atoms with van der Waals surface area (Å²) in [7, 11) is 1.65. The Morgan fingerprint density at radius 3 is 2.65 bits per heavy atom. The van der Waals surface area contributed by atoms with Gasteiger partial charge in [0.15, 0.2) is 0 Å². The zero-order chi connectivity index (χ0) is 16.7. The number of ether oxygens (including phenoxy) is 1. The third kappa shape index (κ3) is 5.27. The molecule has 1 N–H and O–H groups in total. The van der Waals surface area contributed by atoms with Crippen molar-refractivity contribution in [1.29, 1.82) is 0 Å². The van der Waals surface area contributed by atoms with Gasteiger partial charge in [0, 0.05) is 19.5 Å². The number of methoxy groups -OCH3 is 1. The summed E-state index contributed by atoms with van der Waals surface area (Å²) in [5.74, 6) is -0.248. The number of hydrogen-bond acceptors (Lipinski definition) is 3. The molecule has 0 aromatic heterocycles. The first-order chi connectivity index (χ1) is 11.1. The molecule has 1 saturated heterocycles. The number of hydrogen-bond donors (Lipinski definition) is 1. The van der Waals surface area contributed by atoms with E-state index in [0.717, 1.165) is 31.4 Å². The third-order valence-corrected chi connectivity index (χ3v) is 4.39. The molecule has 0 spiro atoms. The zero-order valence-electron chi connectivity index (χ0n) is 13.7. The topological polar surface area (TPSA) is 66.8 Å². The second-order valence-electron chi connectivity index (χ2n) is 6.07. The van der Waals surface area contributed by atoms with Crippen LogP contribution in [-0.4, -0.2) is 42.1 Å². The monoisotopic (exact) mass is 319 g/mol. The van der Waals surface area contributed by atoms with Crippen LogP contribution in [0, 0.1) is 5.92 Å². The molecule has 5 nitrogen and oxygen atoms in total. The van der Waals surface area contributed by atoms with Crippen molar-refractivity contribution in [3.8, 4) is 5.75 Å². The van der Waals surface area contributed by atoms with Gasteiger partial charge in [0.1, 0.15) is 5.75 Å². The molecular formula is C18H25NO4. The minimum Gasteiger partial charge on any atom is -0.497 e. The van der Waals surface area contributed by atoms with Crippen molar-refractivity contribution in [3.05, 3.63) is 29.8 Å². The van der Waals surface area contributed by atoms with E-state index in [1.807, 2.05) is 24.3 Å². The van der Waals surface area contributed by atoms with Crippen molar-refractivity contribution >= 4 is 11.9 Å². The second kappa shape index (κ2) is 8.56. The highest BCUT2D eigenvalue weighted by Crippen LogP contribution is 2.18. The number of amides is 1. The van der Waals surface area contributed by atoms with Gasteiger partial charge in [-0.2, -0.15) is 0 Å². The molecule has 5 heteroatoms. The maximum atomic E-state index is 12.2. The number of piperidine rings is 1. The first-order valence-corrected chi connectivity index (χ1v) is 8.23. The van der Waals surface area contributed by atoms with E-state index in [1.165, 1.54) is 5.56 Å². The first kappa shape index (κ1) is 17.3. The van der Waals surface area contributed by atoms with Gasteiger partial charge in [-0.05, 0) is 49.8 Å². The van der Waals surface area contributed by atoms with E-state index >= 15 is 0 Å². The van der Waals surface area contributed by atoms with Gasteiger partial charge in [0.2, 0.25) is 5.91 Å². The van der Waals surface area contributed by atoms with E-state index in [1.54, 1.807) is 12.0 Å². The van der Waals surface area contributed by atoms with Crippen LogP contribution >= 0.6 is 0 Å². The lowest BCUT2D eigenvalue weighted by atomic mass is 9.98. The quantitative estimate of drug-likeness (QED) is 0.785. The van der Waals surface area contributed by atoms with Crippen molar-refractivity contribution in [3.63, 3.8) is 0 Å². The summed E-state index contributed by atoms with van der Waals surface area (Å²) in [6.45, 7) is 1.06. The number of carboxylic acid groups (broad SMARTS) is 1. The van der Waals surface area contributed by atoms with Crippen LogP contribution in [0.4, 0.5) is 0 Å². The fourth-order valence-corrected chi connectivity index (χ4v) is 2.96. The molecule has 1 aliphatic rings. The van der Waals surface area contributed by atoms with Crippen LogP contribution in [0.25, 0.3) is 0 Å². The number of nitrogens with zero attached hydrogens (tertiary/aromatic N) is 1. The van der Waals surface area contributed by atoms with Gasteiger partial charge in [-0.15, -0.1) is 0 Å². The zero-order valence-corrected chi connectivity index (χ0v) is 13.7. The number of benzene rings is 1. The fraction of sp³-hybridized carbons (Fsp3) is 0.556. The summed E-state index contributed by atoms with van der Waals surface area (Å²) in [5.41, 5.74) is 1.24. The summed E-state index contributed by atoms with van der Waals surface area (Å²) in [6.07, 6.45) is 4.69. The van der Waals surface area contributed by atoms with Crippen LogP contribution in [0.5, 0.6) is 5.75 Å². The Morgan fingerprint density at radius 2 is 2.00 bits per heavy atom. The molecular weight excluding hydrogens is 294 g/mol. The number of unbranched alkanes of at least 4 members (excludes halogenated alkanes) is 1. The van der Waals surface area contributed by atoms with Crippen LogP contribution < -0.4 is 4.74 Å². The maximum absolute atomic E-state index is 12.2. The minimum atomic E-state index is -0.790. The Balaban J connectivity index is 1.68. The first-order valence-electron chi connectivity index (χ1n) is 8.23. The Hall–Kier alpha value is -2.04. The number of carboxylic acids is 1. The van der Waals surface area contributed by atoms with Crippen LogP contribution in [0.2, 0.25) is 0 Å². The number of carbonyl (C=O) groups excluding carboxylic acids is 1. The normalized spacial score (nSPS) is 17.8. The molecule has 126 valence electrons. The molecule has 23 heavy (non-hydrogen) atoms. The van der Waals surface area contributed by atoms with Gasteiger partial charge >= 0.3 is 5.97 Å². The molecule has 2 rings (SSSR count). The molecule has 1 fully saturated rings. The van der Waals surface area contributed by atoms with Crippen molar-refractivity contribution in [2.24, 2.45) is 5.92 Å². The van der Waals surface area contributed by atoms with E-state index in [2.05, 4.69) is 0 Å². The molecule has 0 bridgehead atoms. The lowest BCUT2D eigenvalue weighted by molar-refractivity contribution is -0.145. The van der Waals surface area contributed by atoms with Crippen molar-refractivity contribution in [2.45, 2.75) is 38.5 Å². The number of likely N-dealkylation sites (tertiary alicyclic amines) is 1. The summed E-state index contributed by atoms with van der Waals surface area (Å²) in [4.78, 5) is 24.9. The van der Waals surface area contributed by atoms with Crippen molar-refractivity contribution in [1.82, 2.24) is 4.90 Å². The minimum absolute atomic E-state index is 0.0886.